The van der Waals surface area contributed by atoms with Crippen molar-refractivity contribution in [3.63, 3.8) is 0 Å². The molecule has 0 saturated heterocycles. The second kappa shape index (κ2) is 3.57. The average Bonchev–Trinajstić information content (AvgIpc) is 2.05. The van der Waals surface area contributed by atoms with Gasteiger partial charge < -0.3 is 0 Å². The molecule has 0 N–H and O–H groups in total. The minimum Gasteiger partial charge on any atom is -0.219 e. The molecule has 2 nitrogen and oxygen atoms in total. The van der Waals surface area contributed by atoms with Gasteiger partial charge in [0.2, 0.25) is 0 Å². The van der Waals surface area contributed by atoms with Crippen LogP contribution in [0, 0.1) is 3.57 Å². The van der Waals surface area contributed by atoms with Crippen molar-refractivity contribution in [2.75, 3.05) is 0 Å². The lowest BCUT2D eigenvalue weighted by atomic mass is 10.4. The van der Waals surface area contributed by atoms with Gasteiger partial charge in [-0.25, -0.2) is 8.42 Å². The molecule has 64 valence electrons. The van der Waals surface area contributed by atoms with E-state index in [1.54, 1.807) is 24.3 Å². The van der Waals surface area contributed by atoms with Gasteiger partial charge in [0.1, 0.15) is 0 Å². The van der Waals surface area contributed by atoms with Gasteiger partial charge in [0.25, 0.3) is 0 Å². The minimum atomic E-state index is -3.25. The summed E-state index contributed by atoms with van der Waals surface area (Å²) in [6, 6.07) is 6.63. The smallest absolute Gasteiger partial charge is 0.199 e. The average molecular weight is 294 g/mol. The highest BCUT2D eigenvalue weighted by Gasteiger charge is 2.07. The van der Waals surface area contributed by atoms with Crippen molar-refractivity contribution < 1.29 is 8.42 Å². The van der Waals surface area contributed by atoms with Gasteiger partial charge in [-0.2, -0.15) is 0 Å². The molecule has 0 aromatic heterocycles. The Labute approximate surface area is 85.4 Å². The topological polar surface area (TPSA) is 34.1 Å². The molecule has 0 bridgehead atoms. The largest absolute Gasteiger partial charge is 0.219 e. The predicted octanol–water partition coefficient (Wildman–Crippen LogP) is 2.21. The van der Waals surface area contributed by atoms with Crippen molar-refractivity contribution in [2.24, 2.45) is 0 Å². The SMILES string of the molecule is C=CS(=O)(=O)c1ccc(I)cc1. The van der Waals surface area contributed by atoms with Gasteiger partial charge in [0, 0.05) is 8.98 Å². The van der Waals surface area contributed by atoms with Crippen LogP contribution in [-0.4, -0.2) is 8.42 Å². The summed E-state index contributed by atoms with van der Waals surface area (Å²) < 4.78 is 23.4. The van der Waals surface area contributed by atoms with Crippen molar-refractivity contribution >= 4 is 32.4 Å². The summed E-state index contributed by atoms with van der Waals surface area (Å²) in [7, 11) is -3.25. The molecule has 1 rings (SSSR count). The van der Waals surface area contributed by atoms with Crippen LogP contribution in [0.3, 0.4) is 0 Å². The Morgan fingerprint density at radius 2 is 1.75 bits per heavy atom. The Morgan fingerprint density at radius 1 is 1.25 bits per heavy atom. The standard InChI is InChI=1S/C8H7IO2S/c1-2-12(10,11)8-5-3-7(9)4-6-8/h2-6H,1H2. The van der Waals surface area contributed by atoms with Crippen LogP contribution in [0.2, 0.25) is 0 Å². The Balaban J connectivity index is 3.23. The number of hydrogen-bond donors (Lipinski definition) is 0. The third-order valence-electron chi connectivity index (χ3n) is 1.36. The first-order valence-electron chi connectivity index (χ1n) is 3.19. The molecular formula is C8H7IO2S. The molecule has 0 atom stereocenters. The van der Waals surface area contributed by atoms with E-state index in [2.05, 4.69) is 29.2 Å². The summed E-state index contributed by atoms with van der Waals surface area (Å²) in [6.07, 6.45) is 0. The number of rotatable bonds is 2. The van der Waals surface area contributed by atoms with Gasteiger partial charge in [0.15, 0.2) is 9.84 Å². The van der Waals surface area contributed by atoms with Gasteiger partial charge >= 0.3 is 0 Å². The fraction of sp³-hybridized carbons (Fsp3) is 0. The highest BCUT2D eigenvalue weighted by molar-refractivity contribution is 14.1. The molecule has 0 aliphatic carbocycles. The van der Waals surface area contributed by atoms with E-state index in [1.165, 1.54) is 0 Å². The monoisotopic (exact) mass is 294 g/mol. The van der Waals surface area contributed by atoms with Crippen molar-refractivity contribution in [1.29, 1.82) is 0 Å². The van der Waals surface area contributed by atoms with Crippen LogP contribution in [0.4, 0.5) is 0 Å². The van der Waals surface area contributed by atoms with Gasteiger partial charge in [-0.3, -0.25) is 0 Å². The zero-order chi connectivity index (χ0) is 9.19. The second-order valence-electron chi connectivity index (χ2n) is 2.17. The van der Waals surface area contributed by atoms with Crippen LogP contribution in [0.5, 0.6) is 0 Å². The maximum atomic E-state index is 11.2. The van der Waals surface area contributed by atoms with E-state index in [1.807, 2.05) is 0 Å². The molecule has 12 heavy (non-hydrogen) atoms. The number of hydrogen-bond acceptors (Lipinski definition) is 2. The molecule has 0 spiro atoms. The molecule has 0 aliphatic rings. The molecular weight excluding hydrogens is 287 g/mol. The molecule has 1 aromatic rings. The van der Waals surface area contributed by atoms with E-state index in [4.69, 9.17) is 0 Å². The normalized spacial score (nSPS) is 11.1. The van der Waals surface area contributed by atoms with Crippen LogP contribution in [0.15, 0.2) is 41.1 Å². The first kappa shape index (κ1) is 9.73. The summed E-state index contributed by atoms with van der Waals surface area (Å²) in [5, 5.41) is 0.954. The molecule has 4 heteroatoms. The Kier molecular flexibility index (Phi) is 2.89. The van der Waals surface area contributed by atoms with E-state index in [9.17, 15) is 8.42 Å². The number of sulfone groups is 1. The highest BCUT2D eigenvalue weighted by atomic mass is 127. The number of halogens is 1. The van der Waals surface area contributed by atoms with Crippen LogP contribution in [0.25, 0.3) is 0 Å². The molecule has 0 saturated carbocycles. The van der Waals surface area contributed by atoms with Crippen molar-refractivity contribution in [1.82, 2.24) is 0 Å². The minimum absolute atomic E-state index is 0.290. The zero-order valence-corrected chi connectivity index (χ0v) is 9.17. The molecule has 0 amide bonds. The quantitative estimate of drug-likeness (QED) is 0.784. The molecule has 0 unspecified atom stereocenters. The Bertz CT molecular complexity index is 378. The van der Waals surface area contributed by atoms with Gasteiger partial charge in [0.05, 0.1) is 4.90 Å². The van der Waals surface area contributed by atoms with Crippen molar-refractivity contribution in [3.05, 3.63) is 39.8 Å². The zero-order valence-electron chi connectivity index (χ0n) is 6.20. The maximum absolute atomic E-state index is 11.2. The van der Waals surface area contributed by atoms with Gasteiger partial charge in [-0.15, -0.1) is 0 Å². The van der Waals surface area contributed by atoms with Crippen LogP contribution >= 0.6 is 22.6 Å². The first-order valence-corrected chi connectivity index (χ1v) is 5.82. The fourth-order valence-electron chi connectivity index (χ4n) is 0.721. The predicted molar refractivity (Wildman–Crippen MR) is 56.5 cm³/mol. The first-order chi connectivity index (χ1) is 5.56. The lowest BCUT2D eigenvalue weighted by Crippen LogP contribution is -1.94. The third-order valence-corrected chi connectivity index (χ3v) is 3.45. The number of benzene rings is 1. The van der Waals surface area contributed by atoms with E-state index in [0.29, 0.717) is 0 Å². The summed E-state index contributed by atoms with van der Waals surface area (Å²) in [5.41, 5.74) is 0. The lowest BCUT2D eigenvalue weighted by molar-refractivity contribution is 0.604. The summed E-state index contributed by atoms with van der Waals surface area (Å²) in [4.78, 5) is 0.290. The van der Waals surface area contributed by atoms with E-state index in [0.717, 1.165) is 8.98 Å². The van der Waals surface area contributed by atoms with E-state index < -0.39 is 9.84 Å². The molecule has 0 fully saturated rings. The molecule has 0 aliphatic heterocycles. The van der Waals surface area contributed by atoms with E-state index >= 15 is 0 Å². The van der Waals surface area contributed by atoms with Gasteiger partial charge in [-0.05, 0) is 46.9 Å². The fourth-order valence-corrected chi connectivity index (χ4v) is 1.79. The molecule has 0 heterocycles. The maximum Gasteiger partial charge on any atom is 0.199 e. The second-order valence-corrected chi connectivity index (χ2v) is 5.31. The molecule has 1 aromatic carbocycles. The summed E-state index contributed by atoms with van der Waals surface area (Å²) in [5.74, 6) is 0. The van der Waals surface area contributed by atoms with Crippen molar-refractivity contribution in [2.45, 2.75) is 4.90 Å². The van der Waals surface area contributed by atoms with Crippen molar-refractivity contribution in [3.8, 4) is 0 Å². The molecule has 0 radical (unpaired) electrons. The van der Waals surface area contributed by atoms with Crippen LogP contribution in [0.1, 0.15) is 0 Å². The summed E-state index contributed by atoms with van der Waals surface area (Å²) >= 11 is 2.12. The summed E-state index contributed by atoms with van der Waals surface area (Å²) in [6.45, 7) is 3.24. The van der Waals surface area contributed by atoms with Gasteiger partial charge in [-0.1, -0.05) is 6.58 Å². The lowest BCUT2D eigenvalue weighted by Gasteiger charge is -1.97. The highest BCUT2D eigenvalue weighted by Crippen LogP contribution is 2.13. The Hall–Kier alpha value is -0.360. The van der Waals surface area contributed by atoms with Crippen LogP contribution in [-0.2, 0) is 9.84 Å². The Morgan fingerprint density at radius 3 is 2.17 bits per heavy atom. The van der Waals surface area contributed by atoms with Crippen LogP contribution < -0.4 is 0 Å². The third kappa shape index (κ3) is 2.07. The van der Waals surface area contributed by atoms with E-state index in [-0.39, 0.29) is 4.90 Å².